The van der Waals surface area contributed by atoms with Gasteiger partial charge in [0.1, 0.15) is 0 Å². The first-order chi connectivity index (χ1) is 12.6. The van der Waals surface area contributed by atoms with Gasteiger partial charge in [0.25, 0.3) is 0 Å². The second-order valence-electron chi connectivity index (χ2n) is 7.09. The number of aromatic nitrogens is 2. The number of likely N-dealkylation sites (N-methyl/N-ethyl adjacent to an activating group) is 1. The molecule has 0 atom stereocenters. The Morgan fingerprint density at radius 1 is 1.12 bits per heavy atom. The van der Waals surface area contributed by atoms with Crippen molar-refractivity contribution in [3.05, 3.63) is 42.7 Å². The number of hydrogen-bond acceptors (Lipinski definition) is 4. The van der Waals surface area contributed by atoms with Crippen LogP contribution in [0.5, 0.6) is 0 Å². The molecule has 0 aliphatic heterocycles. The minimum atomic E-state index is -0.781. The van der Waals surface area contributed by atoms with Crippen molar-refractivity contribution in [2.45, 2.75) is 44.1 Å². The maximum absolute atomic E-state index is 12.4. The molecule has 0 spiro atoms. The topological polar surface area (TPSA) is 78.4 Å². The summed E-state index contributed by atoms with van der Waals surface area (Å²) in [7, 11) is 1.71. The van der Waals surface area contributed by atoms with E-state index in [0.717, 1.165) is 44.1 Å². The van der Waals surface area contributed by atoms with Gasteiger partial charge in [0.2, 0.25) is 0 Å². The number of carbonyl (C=O) groups excluding carboxylic acids is 1. The van der Waals surface area contributed by atoms with Crippen LogP contribution in [0.1, 0.15) is 38.5 Å². The lowest BCUT2D eigenvalue weighted by atomic mass is 9.94. The van der Waals surface area contributed by atoms with Crippen LogP contribution in [0.15, 0.2) is 42.7 Å². The fourth-order valence-electron chi connectivity index (χ4n) is 3.41. The maximum Gasteiger partial charge on any atom is 0.321 e. The third-order valence-electron chi connectivity index (χ3n) is 4.85. The monoisotopic (exact) mass is 354 g/mol. The Morgan fingerprint density at radius 3 is 2.35 bits per heavy atom. The molecule has 2 aromatic rings. The van der Waals surface area contributed by atoms with E-state index < -0.39 is 5.60 Å². The standard InChI is InChI=1S/C20H26N4O2/c1-24(15-20(26)11-7-2-3-8-12-20)19(25)23-17-13-21-18(22-14-17)16-9-5-4-6-10-16/h4-6,9-10,13-14,26H,2-3,7-8,11-12,15H2,1H3,(H,23,25). The van der Waals surface area contributed by atoms with Crippen LogP contribution in [0.2, 0.25) is 0 Å². The summed E-state index contributed by atoms with van der Waals surface area (Å²) in [6.07, 6.45) is 9.04. The number of carbonyl (C=O) groups is 1. The minimum absolute atomic E-state index is 0.265. The quantitative estimate of drug-likeness (QED) is 0.821. The number of nitrogens with zero attached hydrogens (tertiary/aromatic N) is 3. The van der Waals surface area contributed by atoms with Gasteiger partial charge in [-0.25, -0.2) is 14.8 Å². The second-order valence-corrected chi connectivity index (χ2v) is 7.09. The number of rotatable bonds is 4. The van der Waals surface area contributed by atoms with Crippen molar-refractivity contribution in [2.75, 3.05) is 18.9 Å². The Hall–Kier alpha value is -2.47. The second kappa shape index (κ2) is 8.27. The van der Waals surface area contributed by atoms with Crippen LogP contribution < -0.4 is 5.32 Å². The highest BCUT2D eigenvalue weighted by atomic mass is 16.3. The van der Waals surface area contributed by atoms with Gasteiger partial charge in [-0.15, -0.1) is 0 Å². The van der Waals surface area contributed by atoms with Crippen LogP contribution in [0.3, 0.4) is 0 Å². The molecule has 6 nitrogen and oxygen atoms in total. The third kappa shape index (κ3) is 4.79. The Kier molecular flexibility index (Phi) is 5.83. The molecule has 1 saturated carbocycles. The summed E-state index contributed by atoms with van der Waals surface area (Å²) in [5.41, 5.74) is 0.684. The van der Waals surface area contributed by atoms with Gasteiger partial charge in [-0.3, -0.25) is 0 Å². The highest BCUT2D eigenvalue weighted by Gasteiger charge is 2.30. The van der Waals surface area contributed by atoms with Gasteiger partial charge in [-0.1, -0.05) is 56.0 Å². The van der Waals surface area contributed by atoms with E-state index in [2.05, 4.69) is 15.3 Å². The molecular formula is C20H26N4O2. The predicted octanol–water partition coefficient (Wildman–Crippen LogP) is 3.69. The molecule has 1 aromatic carbocycles. The number of amides is 2. The summed E-state index contributed by atoms with van der Waals surface area (Å²) in [6, 6.07) is 9.42. The largest absolute Gasteiger partial charge is 0.388 e. The van der Waals surface area contributed by atoms with Gasteiger partial charge in [-0.2, -0.15) is 0 Å². The first-order valence-electron chi connectivity index (χ1n) is 9.18. The van der Waals surface area contributed by atoms with Crippen LogP contribution in [0.25, 0.3) is 11.4 Å². The fourth-order valence-corrected chi connectivity index (χ4v) is 3.41. The van der Waals surface area contributed by atoms with Gasteiger partial charge in [-0.05, 0) is 12.8 Å². The van der Waals surface area contributed by atoms with E-state index >= 15 is 0 Å². The van der Waals surface area contributed by atoms with Crippen LogP contribution in [-0.2, 0) is 0 Å². The van der Waals surface area contributed by atoms with E-state index in [9.17, 15) is 9.90 Å². The Labute approximate surface area is 154 Å². The van der Waals surface area contributed by atoms with Crippen LogP contribution in [0, 0.1) is 0 Å². The van der Waals surface area contributed by atoms with E-state index in [-0.39, 0.29) is 6.03 Å². The molecule has 1 heterocycles. The van der Waals surface area contributed by atoms with Crippen molar-refractivity contribution in [2.24, 2.45) is 0 Å². The van der Waals surface area contributed by atoms with Crippen molar-refractivity contribution in [1.82, 2.24) is 14.9 Å². The molecule has 0 unspecified atom stereocenters. The Morgan fingerprint density at radius 2 is 1.73 bits per heavy atom. The first-order valence-corrected chi connectivity index (χ1v) is 9.18. The van der Waals surface area contributed by atoms with Crippen LogP contribution in [0.4, 0.5) is 10.5 Å². The molecule has 3 rings (SSSR count). The SMILES string of the molecule is CN(CC1(O)CCCCCC1)C(=O)Nc1cnc(-c2ccccc2)nc1. The summed E-state index contributed by atoms with van der Waals surface area (Å²) in [5.74, 6) is 0.615. The van der Waals surface area contributed by atoms with E-state index in [4.69, 9.17) is 0 Å². The molecular weight excluding hydrogens is 328 g/mol. The molecule has 0 saturated heterocycles. The molecule has 0 bridgehead atoms. The Bertz CT molecular complexity index is 710. The average Bonchev–Trinajstić information content (AvgIpc) is 2.87. The highest BCUT2D eigenvalue weighted by molar-refractivity contribution is 5.88. The number of urea groups is 1. The first kappa shape index (κ1) is 18.3. The van der Waals surface area contributed by atoms with Gasteiger partial charge in [0, 0.05) is 12.6 Å². The molecule has 138 valence electrons. The molecule has 2 amide bonds. The summed E-state index contributed by atoms with van der Waals surface area (Å²) in [6.45, 7) is 0.335. The molecule has 1 aliphatic rings. The zero-order valence-electron chi connectivity index (χ0n) is 15.2. The summed E-state index contributed by atoms with van der Waals surface area (Å²) in [4.78, 5) is 22.6. The van der Waals surface area contributed by atoms with E-state index in [1.54, 1.807) is 19.4 Å². The molecule has 26 heavy (non-hydrogen) atoms. The zero-order valence-corrected chi connectivity index (χ0v) is 15.2. The van der Waals surface area contributed by atoms with Gasteiger partial charge in [0.15, 0.2) is 5.82 Å². The number of benzene rings is 1. The van der Waals surface area contributed by atoms with Crippen molar-refractivity contribution >= 4 is 11.7 Å². The third-order valence-corrected chi connectivity index (χ3v) is 4.85. The summed E-state index contributed by atoms with van der Waals surface area (Å²) >= 11 is 0. The van der Waals surface area contributed by atoms with E-state index in [1.807, 2.05) is 30.3 Å². The fraction of sp³-hybridized carbons (Fsp3) is 0.450. The molecule has 1 aromatic heterocycles. The number of aliphatic hydroxyl groups is 1. The van der Waals surface area contributed by atoms with Crippen molar-refractivity contribution in [3.8, 4) is 11.4 Å². The highest BCUT2D eigenvalue weighted by Crippen LogP contribution is 2.27. The minimum Gasteiger partial charge on any atom is -0.388 e. The smallest absolute Gasteiger partial charge is 0.321 e. The van der Waals surface area contributed by atoms with E-state index in [1.165, 1.54) is 4.90 Å². The number of hydrogen-bond donors (Lipinski definition) is 2. The normalized spacial score (nSPS) is 16.5. The predicted molar refractivity (Wildman–Crippen MR) is 102 cm³/mol. The number of nitrogens with one attached hydrogen (secondary N) is 1. The summed E-state index contributed by atoms with van der Waals surface area (Å²) in [5, 5.41) is 13.5. The average molecular weight is 354 g/mol. The van der Waals surface area contributed by atoms with Crippen molar-refractivity contribution in [1.29, 1.82) is 0 Å². The Balaban J connectivity index is 1.58. The number of anilines is 1. The summed E-state index contributed by atoms with van der Waals surface area (Å²) < 4.78 is 0. The van der Waals surface area contributed by atoms with Gasteiger partial charge < -0.3 is 15.3 Å². The lowest BCUT2D eigenvalue weighted by molar-refractivity contribution is 0.00582. The molecule has 1 fully saturated rings. The molecule has 0 radical (unpaired) electrons. The molecule has 6 heteroatoms. The zero-order chi connectivity index (χ0) is 18.4. The van der Waals surface area contributed by atoms with E-state index in [0.29, 0.717) is 18.1 Å². The van der Waals surface area contributed by atoms with Gasteiger partial charge >= 0.3 is 6.03 Å². The lowest BCUT2D eigenvalue weighted by Crippen LogP contribution is -2.45. The van der Waals surface area contributed by atoms with Crippen molar-refractivity contribution in [3.63, 3.8) is 0 Å². The molecule has 1 aliphatic carbocycles. The maximum atomic E-state index is 12.4. The molecule has 2 N–H and O–H groups in total. The van der Waals surface area contributed by atoms with Crippen LogP contribution in [-0.4, -0.2) is 45.2 Å². The lowest BCUT2D eigenvalue weighted by Gasteiger charge is -2.31. The van der Waals surface area contributed by atoms with Crippen molar-refractivity contribution < 1.29 is 9.90 Å². The van der Waals surface area contributed by atoms with Gasteiger partial charge in [0.05, 0.1) is 30.2 Å². The van der Waals surface area contributed by atoms with Crippen LogP contribution >= 0.6 is 0 Å².